The SMILES string of the molecule is COC(=O)[C@H](C)NP(=O)(OC[C@H]1O[C@@H](n2cnc(C(N)=O)c2O)[C@H](O)C1O)Oc1ccccc1. The Bertz CT molecular complexity index is 1060. The van der Waals surface area contributed by atoms with Gasteiger partial charge in [0.05, 0.1) is 13.7 Å². The lowest BCUT2D eigenvalue weighted by molar-refractivity contribution is -0.142. The molecule has 2 aromatic rings. The summed E-state index contributed by atoms with van der Waals surface area (Å²) in [5.74, 6) is -2.23. The van der Waals surface area contributed by atoms with Crippen LogP contribution >= 0.6 is 7.75 Å². The van der Waals surface area contributed by atoms with Gasteiger partial charge in [-0.25, -0.2) is 9.55 Å². The third kappa shape index (κ3) is 5.55. The highest BCUT2D eigenvalue weighted by Gasteiger charge is 2.46. The summed E-state index contributed by atoms with van der Waals surface area (Å²) in [4.78, 5) is 26.8. The third-order valence-electron chi connectivity index (χ3n) is 4.90. The van der Waals surface area contributed by atoms with E-state index in [2.05, 4.69) is 14.8 Å². The normalized spacial score (nSPS) is 24.8. The molecule has 186 valence electrons. The molecule has 6 N–H and O–H groups in total. The fraction of sp³-hybridized carbons (Fsp3) is 0.421. The number of benzene rings is 1. The van der Waals surface area contributed by atoms with E-state index in [0.717, 1.165) is 18.0 Å². The van der Waals surface area contributed by atoms with Crippen LogP contribution in [0.2, 0.25) is 0 Å². The van der Waals surface area contributed by atoms with Crippen LogP contribution in [-0.2, 0) is 23.4 Å². The van der Waals surface area contributed by atoms with Crippen LogP contribution in [0.25, 0.3) is 0 Å². The molecule has 2 unspecified atom stereocenters. The number of carbonyl (C=O) groups is 2. The number of ether oxygens (including phenoxy) is 2. The summed E-state index contributed by atoms with van der Waals surface area (Å²) in [7, 11) is -3.07. The minimum absolute atomic E-state index is 0.170. The second kappa shape index (κ2) is 10.5. The van der Waals surface area contributed by atoms with E-state index >= 15 is 0 Å². The molecule has 1 aliphatic rings. The van der Waals surface area contributed by atoms with Gasteiger partial charge in [-0.05, 0) is 19.1 Å². The molecule has 34 heavy (non-hydrogen) atoms. The first-order chi connectivity index (χ1) is 16.1. The summed E-state index contributed by atoms with van der Waals surface area (Å²) in [6.07, 6.45) is -4.73. The van der Waals surface area contributed by atoms with Crippen molar-refractivity contribution in [3.63, 3.8) is 0 Å². The summed E-state index contributed by atoms with van der Waals surface area (Å²) in [6, 6.07) is 6.92. The van der Waals surface area contributed by atoms with E-state index < -0.39 is 68.4 Å². The largest absolute Gasteiger partial charge is 0.493 e. The maximum atomic E-state index is 13.4. The summed E-state index contributed by atoms with van der Waals surface area (Å²) >= 11 is 0. The number of nitrogens with zero attached hydrogens (tertiary/aromatic N) is 2. The highest BCUT2D eigenvalue weighted by molar-refractivity contribution is 7.52. The average Bonchev–Trinajstić information content (AvgIpc) is 3.32. The first-order valence-electron chi connectivity index (χ1n) is 9.98. The predicted molar refractivity (Wildman–Crippen MR) is 114 cm³/mol. The predicted octanol–water partition coefficient (Wildman–Crippen LogP) is -0.338. The fourth-order valence-corrected chi connectivity index (χ4v) is 4.66. The van der Waals surface area contributed by atoms with Crippen molar-refractivity contribution in [2.24, 2.45) is 5.73 Å². The van der Waals surface area contributed by atoms with Gasteiger partial charge in [-0.3, -0.25) is 18.7 Å². The van der Waals surface area contributed by atoms with Crippen LogP contribution in [0.15, 0.2) is 36.7 Å². The number of amides is 1. The molecule has 1 aromatic carbocycles. The van der Waals surface area contributed by atoms with Crippen LogP contribution in [0.4, 0.5) is 0 Å². The number of hydrogen-bond donors (Lipinski definition) is 5. The number of imidazole rings is 1. The summed E-state index contributed by atoms with van der Waals surface area (Å²) < 4.78 is 35.3. The van der Waals surface area contributed by atoms with Crippen LogP contribution in [0.3, 0.4) is 0 Å². The van der Waals surface area contributed by atoms with Crippen molar-refractivity contribution in [1.29, 1.82) is 0 Å². The van der Waals surface area contributed by atoms with E-state index in [1.165, 1.54) is 19.1 Å². The molecule has 0 spiro atoms. The van der Waals surface area contributed by atoms with Gasteiger partial charge in [0, 0.05) is 0 Å². The zero-order chi connectivity index (χ0) is 25.0. The molecule has 1 aliphatic heterocycles. The van der Waals surface area contributed by atoms with Crippen molar-refractivity contribution in [1.82, 2.24) is 14.6 Å². The summed E-state index contributed by atoms with van der Waals surface area (Å²) in [6.45, 7) is 0.826. The summed E-state index contributed by atoms with van der Waals surface area (Å²) in [5, 5.41) is 33.4. The van der Waals surface area contributed by atoms with E-state index in [0.29, 0.717) is 0 Å². The number of aromatic nitrogens is 2. The van der Waals surface area contributed by atoms with E-state index in [-0.39, 0.29) is 5.75 Å². The minimum atomic E-state index is -4.23. The molecule has 0 aliphatic carbocycles. The van der Waals surface area contributed by atoms with Crippen molar-refractivity contribution in [3.8, 4) is 11.6 Å². The molecule has 0 bridgehead atoms. The number of aliphatic hydroxyl groups is 2. The van der Waals surface area contributed by atoms with E-state index in [4.69, 9.17) is 19.5 Å². The number of nitrogens with one attached hydrogen (secondary N) is 1. The Morgan fingerprint density at radius 2 is 1.97 bits per heavy atom. The standard InChI is InChI=1S/C19H25N4O10P/c1-10(19(28)30-2)22-34(29,33-11-6-4-3-5-7-11)31-8-12-14(24)15(25)18(32-12)23-9-21-13(16(20)26)17(23)27/h3-7,9-10,12,14-15,18,24-25,27H,8H2,1-2H3,(H2,20,26)(H,22,29)/t10-,12+,14?,15+,18+,34?/m0/s1. The highest BCUT2D eigenvalue weighted by atomic mass is 31.2. The van der Waals surface area contributed by atoms with Crippen molar-refractivity contribution in [2.45, 2.75) is 37.5 Å². The monoisotopic (exact) mass is 500 g/mol. The Labute approximate surface area is 193 Å². The molecule has 1 fully saturated rings. The van der Waals surface area contributed by atoms with E-state index in [1.807, 2.05) is 0 Å². The molecule has 6 atom stereocenters. The summed E-state index contributed by atoms with van der Waals surface area (Å²) in [5.41, 5.74) is 4.66. The Morgan fingerprint density at radius 3 is 2.56 bits per heavy atom. The van der Waals surface area contributed by atoms with Crippen LogP contribution in [0.1, 0.15) is 23.6 Å². The van der Waals surface area contributed by atoms with Crippen LogP contribution in [-0.4, -0.2) is 74.8 Å². The van der Waals surface area contributed by atoms with Crippen LogP contribution in [0.5, 0.6) is 11.6 Å². The Balaban J connectivity index is 1.75. The van der Waals surface area contributed by atoms with Crippen LogP contribution < -0.4 is 15.3 Å². The maximum Gasteiger partial charge on any atom is 0.459 e. The van der Waals surface area contributed by atoms with Gasteiger partial charge in [0.2, 0.25) is 5.88 Å². The fourth-order valence-electron chi connectivity index (χ4n) is 3.16. The smallest absolute Gasteiger partial charge is 0.459 e. The third-order valence-corrected chi connectivity index (χ3v) is 6.54. The number of methoxy groups -OCH3 is 1. The van der Waals surface area contributed by atoms with Gasteiger partial charge in [0.15, 0.2) is 11.9 Å². The van der Waals surface area contributed by atoms with Gasteiger partial charge in [-0.1, -0.05) is 18.2 Å². The van der Waals surface area contributed by atoms with Gasteiger partial charge in [-0.15, -0.1) is 0 Å². The zero-order valence-electron chi connectivity index (χ0n) is 18.2. The van der Waals surface area contributed by atoms with Crippen molar-refractivity contribution in [2.75, 3.05) is 13.7 Å². The molecule has 2 heterocycles. The van der Waals surface area contributed by atoms with Crippen molar-refractivity contribution < 1.29 is 48.0 Å². The number of nitrogens with two attached hydrogens (primary N) is 1. The topological polar surface area (TPSA) is 205 Å². The number of aromatic hydroxyl groups is 1. The zero-order valence-corrected chi connectivity index (χ0v) is 19.1. The quantitative estimate of drug-likeness (QED) is 0.210. The molecular weight excluding hydrogens is 475 g/mol. The molecule has 14 nitrogen and oxygen atoms in total. The first-order valence-corrected chi connectivity index (χ1v) is 11.5. The Morgan fingerprint density at radius 1 is 1.29 bits per heavy atom. The number of aliphatic hydroxyl groups excluding tert-OH is 2. The van der Waals surface area contributed by atoms with Gasteiger partial charge >= 0.3 is 13.7 Å². The van der Waals surface area contributed by atoms with Gasteiger partial charge in [-0.2, -0.15) is 5.09 Å². The Hall–Kier alpha value is -3.00. The lowest BCUT2D eigenvalue weighted by Gasteiger charge is -2.24. The second-order valence-corrected chi connectivity index (χ2v) is 9.00. The second-order valence-electron chi connectivity index (χ2n) is 7.31. The van der Waals surface area contributed by atoms with Gasteiger partial charge < -0.3 is 35.1 Å². The van der Waals surface area contributed by atoms with Gasteiger partial charge in [0.1, 0.15) is 36.4 Å². The number of para-hydroxylation sites is 1. The molecular formula is C19H25N4O10P. The molecule has 3 rings (SSSR count). The number of primary amides is 1. The molecule has 15 heteroatoms. The van der Waals surface area contributed by atoms with E-state index in [9.17, 15) is 29.5 Å². The van der Waals surface area contributed by atoms with Crippen molar-refractivity contribution >= 4 is 19.6 Å². The average molecular weight is 500 g/mol. The van der Waals surface area contributed by atoms with Crippen molar-refractivity contribution in [3.05, 3.63) is 42.4 Å². The number of esters is 1. The Kier molecular flexibility index (Phi) is 7.92. The molecule has 1 aromatic heterocycles. The molecule has 1 saturated heterocycles. The molecule has 0 saturated carbocycles. The highest BCUT2D eigenvalue weighted by Crippen LogP contribution is 2.46. The van der Waals surface area contributed by atoms with E-state index in [1.54, 1.807) is 18.2 Å². The first kappa shape index (κ1) is 25.6. The minimum Gasteiger partial charge on any atom is -0.493 e. The van der Waals surface area contributed by atoms with Crippen LogP contribution in [0, 0.1) is 0 Å². The maximum absolute atomic E-state index is 13.4. The lowest BCUT2D eigenvalue weighted by atomic mass is 10.1. The number of rotatable bonds is 10. The lowest BCUT2D eigenvalue weighted by Crippen LogP contribution is -2.37. The number of hydrogen-bond acceptors (Lipinski definition) is 11. The molecule has 0 radical (unpaired) electrons. The van der Waals surface area contributed by atoms with Gasteiger partial charge in [0.25, 0.3) is 5.91 Å². The molecule has 1 amide bonds. The number of carbonyl (C=O) groups excluding carboxylic acids is 2.